The van der Waals surface area contributed by atoms with Gasteiger partial charge in [0.25, 0.3) is 0 Å². The van der Waals surface area contributed by atoms with E-state index in [4.69, 9.17) is 14.2 Å². The van der Waals surface area contributed by atoms with Gasteiger partial charge in [-0.05, 0) is 43.9 Å². The van der Waals surface area contributed by atoms with Crippen LogP contribution < -0.4 is 10.6 Å². The molecular formula is C30H37N3O7. The first-order valence-corrected chi connectivity index (χ1v) is 13.1. The summed E-state index contributed by atoms with van der Waals surface area (Å²) in [6.07, 6.45) is 0.317. The number of esters is 1. The van der Waals surface area contributed by atoms with Crippen LogP contribution in [0.25, 0.3) is 10.9 Å². The van der Waals surface area contributed by atoms with Crippen LogP contribution in [0.1, 0.15) is 45.7 Å². The number of hydrogen-bond donors (Lipinski definition) is 2. The second kappa shape index (κ2) is 13.1. The van der Waals surface area contributed by atoms with Crippen molar-refractivity contribution in [3.63, 3.8) is 0 Å². The molecule has 1 heterocycles. The molecule has 0 unspecified atom stereocenters. The van der Waals surface area contributed by atoms with Crippen LogP contribution in [0.2, 0.25) is 0 Å². The highest BCUT2D eigenvalue weighted by molar-refractivity contribution is 5.93. The van der Waals surface area contributed by atoms with Crippen molar-refractivity contribution in [2.24, 2.45) is 5.92 Å². The molecule has 2 amide bonds. The minimum atomic E-state index is -1.08. The van der Waals surface area contributed by atoms with E-state index in [0.29, 0.717) is 11.1 Å². The highest BCUT2D eigenvalue weighted by Crippen LogP contribution is 2.24. The minimum absolute atomic E-state index is 0.0397. The fourth-order valence-corrected chi connectivity index (χ4v) is 4.12. The van der Waals surface area contributed by atoms with Gasteiger partial charge in [-0.1, -0.05) is 62.4 Å². The van der Waals surface area contributed by atoms with Crippen molar-refractivity contribution in [1.29, 1.82) is 0 Å². The number of ether oxygens (including phenoxy) is 3. The number of aromatic nitrogens is 1. The van der Waals surface area contributed by atoms with Crippen LogP contribution >= 0.6 is 0 Å². The molecule has 0 bridgehead atoms. The zero-order valence-corrected chi connectivity index (χ0v) is 23.7. The average molecular weight is 552 g/mol. The fourth-order valence-electron chi connectivity index (χ4n) is 4.12. The third-order valence-electron chi connectivity index (χ3n) is 6.05. The molecule has 0 radical (unpaired) electrons. The number of benzene rings is 2. The molecule has 0 saturated heterocycles. The lowest BCUT2D eigenvalue weighted by atomic mass is 10.0. The molecule has 214 valence electrons. The molecule has 0 aliphatic heterocycles. The van der Waals surface area contributed by atoms with E-state index in [0.717, 1.165) is 10.9 Å². The Labute approximate surface area is 234 Å². The first-order chi connectivity index (χ1) is 18.9. The van der Waals surface area contributed by atoms with Crippen LogP contribution in [-0.4, -0.2) is 53.4 Å². The van der Waals surface area contributed by atoms with Crippen molar-refractivity contribution >= 4 is 35.0 Å². The summed E-state index contributed by atoms with van der Waals surface area (Å²) in [5, 5.41) is 6.02. The van der Waals surface area contributed by atoms with E-state index in [2.05, 4.69) is 10.6 Å². The number of carbonyl (C=O) groups excluding carboxylic acids is 4. The zero-order valence-electron chi connectivity index (χ0n) is 23.7. The van der Waals surface area contributed by atoms with E-state index in [1.54, 1.807) is 52.9 Å². The molecule has 2 atom stereocenters. The summed E-state index contributed by atoms with van der Waals surface area (Å²) in [7, 11) is 1.23. The van der Waals surface area contributed by atoms with Gasteiger partial charge in [0.1, 0.15) is 24.3 Å². The molecule has 0 spiro atoms. The Hall–Kier alpha value is -4.34. The molecule has 10 heteroatoms. The first kappa shape index (κ1) is 30.2. The van der Waals surface area contributed by atoms with E-state index in [1.807, 2.05) is 42.5 Å². The van der Waals surface area contributed by atoms with Crippen molar-refractivity contribution in [2.45, 2.75) is 65.3 Å². The van der Waals surface area contributed by atoms with Gasteiger partial charge >= 0.3 is 18.2 Å². The lowest BCUT2D eigenvalue weighted by Crippen LogP contribution is -2.54. The number of rotatable bonds is 9. The average Bonchev–Trinajstić information content (AvgIpc) is 3.27. The molecule has 2 N–H and O–H groups in total. The van der Waals surface area contributed by atoms with Crippen LogP contribution in [0.5, 0.6) is 0 Å². The first-order valence-electron chi connectivity index (χ1n) is 13.1. The zero-order chi connectivity index (χ0) is 29.4. The van der Waals surface area contributed by atoms with Gasteiger partial charge in [-0.15, -0.1) is 0 Å². The molecule has 0 aliphatic rings. The number of nitrogens with one attached hydrogen (secondary N) is 2. The van der Waals surface area contributed by atoms with Crippen LogP contribution in [-0.2, 0) is 36.8 Å². The maximum Gasteiger partial charge on any atom is 0.419 e. The lowest BCUT2D eigenvalue weighted by Gasteiger charge is -2.24. The van der Waals surface area contributed by atoms with E-state index in [9.17, 15) is 19.2 Å². The van der Waals surface area contributed by atoms with Crippen molar-refractivity contribution < 1.29 is 33.4 Å². The molecule has 0 fully saturated rings. The topological polar surface area (TPSA) is 125 Å². The highest BCUT2D eigenvalue weighted by Gasteiger charge is 2.31. The summed E-state index contributed by atoms with van der Waals surface area (Å²) in [4.78, 5) is 51.4. The molecule has 3 aromatic rings. The van der Waals surface area contributed by atoms with Gasteiger partial charge in [0.05, 0.1) is 12.6 Å². The number of carbonyl (C=O) groups is 4. The van der Waals surface area contributed by atoms with Crippen molar-refractivity contribution in [3.05, 3.63) is 71.9 Å². The van der Waals surface area contributed by atoms with E-state index >= 15 is 0 Å². The van der Waals surface area contributed by atoms with Crippen LogP contribution in [0.4, 0.5) is 9.59 Å². The molecule has 0 saturated carbocycles. The smallest absolute Gasteiger partial charge is 0.419 e. The van der Waals surface area contributed by atoms with Gasteiger partial charge in [0.2, 0.25) is 5.91 Å². The standard InChI is InChI=1S/C30H37N3O7/c1-19(2)25(32-28(36)39-18-20-12-8-7-9-13-20)26(34)31-23(27(35)38-6)16-21-17-33(29(37)40-30(3,4)5)24-15-11-10-14-22(21)24/h7-15,17,19,23,25H,16,18H2,1-6H3,(H,31,34)(H,32,36)/t23-,25+/m1/s1. The monoisotopic (exact) mass is 551 g/mol. The van der Waals surface area contributed by atoms with Gasteiger partial charge in [-0.25, -0.2) is 14.4 Å². The minimum Gasteiger partial charge on any atom is -0.467 e. The third-order valence-corrected chi connectivity index (χ3v) is 6.05. The Morgan fingerprint density at radius 1 is 0.925 bits per heavy atom. The molecule has 1 aromatic heterocycles. The Morgan fingerprint density at radius 2 is 1.57 bits per heavy atom. The number of fused-ring (bicyclic) bond motifs is 1. The van der Waals surface area contributed by atoms with Gasteiger partial charge in [-0.2, -0.15) is 0 Å². The predicted molar refractivity (Wildman–Crippen MR) is 150 cm³/mol. The molecular weight excluding hydrogens is 514 g/mol. The number of para-hydroxylation sites is 1. The summed E-state index contributed by atoms with van der Waals surface area (Å²) in [5.41, 5.74) is 1.34. The Bertz CT molecular complexity index is 1340. The largest absolute Gasteiger partial charge is 0.467 e. The SMILES string of the molecule is COC(=O)[C@@H](Cc1cn(C(=O)OC(C)(C)C)c2ccccc12)NC(=O)[C@@H](NC(=O)OCc1ccccc1)C(C)C. The third kappa shape index (κ3) is 8.08. The summed E-state index contributed by atoms with van der Waals surface area (Å²) in [6.45, 7) is 8.91. The van der Waals surface area contributed by atoms with E-state index < -0.39 is 41.7 Å². The van der Waals surface area contributed by atoms with E-state index in [1.165, 1.54) is 11.7 Å². The second-order valence-corrected chi connectivity index (χ2v) is 10.7. The van der Waals surface area contributed by atoms with Gasteiger partial charge < -0.3 is 24.8 Å². The van der Waals surface area contributed by atoms with Crippen molar-refractivity contribution in [1.82, 2.24) is 15.2 Å². The fraction of sp³-hybridized carbons (Fsp3) is 0.400. The number of methoxy groups -OCH3 is 1. The number of alkyl carbamates (subject to hydrolysis) is 1. The van der Waals surface area contributed by atoms with Crippen LogP contribution in [0.15, 0.2) is 60.8 Å². The molecule has 10 nitrogen and oxygen atoms in total. The maximum absolute atomic E-state index is 13.3. The molecule has 2 aromatic carbocycles. The Balaban J connectivity index is 1.78. The molecule has 3 rings (SSSR count). The summed E-state index contributed by atoms with van der Waals surface area (Å²) in [5.74, 6) is -1.55. The van der Waals surface area contributed by atoms with Crippen molar-refractivity contribution in [2.75, 3.05) is 7.11 Å². The van der Waals surface area contributed by atoms with Gasteiger partial charge in [-0.3, -0.25) is 9.36 Å². The Morgan fingerprint density at radius 3 is 2.20 bits per heavy atom. The lowest BCUT2D eigenvalue weighted by molar-refractivity contribution is -0.145. The maximum atomic E-state index is 13.3. The second-order valence-electron chi connectivity index (χ2n) is 10.7. The summed E-state index contributed by atoms with van der Waals surface area (Å²) >= 11 is 0. The number of nitrogens with zero attached hydrogens (tertiary/aromatic N) is 1. The Kier molecular flexibility index (Phi) is 9.93. The van der Waals surface area contributed by atoms with Crippen LogP contribution in [0, 0.1) is 5.92 Å². The normalized spacial score (nSPS) is 12.9. The highest BCUT2D eigenvalue weighted by atomic mass is 16.6. The number of amides is 2. The summed E-state index contributed by atoms with van der Waals surface area (Å²) in [6, 6.07) is 14.3. The molecule has 40 heavy (non-hydrogen) atoms. The van der Waals surface area contributed by atoms with Crippen molar-refractivity contribution in [3.8, 4) is 0 Å². The number of hydrogen-bond acceptors (Lipinski definition) is 7. The predicted octanol–water partition coefficient (Wildman–Crippen LogP) is 4.58. The van der Waals surface area contributed by atoms with Gasteiger partial charge in [0, 0.05) is 18.0 Å². The quantitative estimate of drug-likeness (QED) is 0.295. The van der Waals surface area contributed by atoms with E-state index in [-0.39, 0.29) is 18.9 Å². The van der Waals surface area contributed by atoms with Gasteiger partial charge in [0.15, 0.2) is 0 Å². The summed E-state index contributed by atoms with van der Waals surface area (Å²) < 4.78 is 17.1. The van der Waals surface area contributed by atoms with Crippen LogP contribution in [0.3, 0.4) is 0 Å². The molecule has 0 aliphatic carbocycles.